The molecule has 1 atom stereocenters. The van der Waals surface area contributed by atoms with E-state index in [0.717, 1.165) is 33.4 Å². The average Bonchev–Trinajstić information content (AvgIpc) is 3.18. The molecule has 0 saturated heterocycles. The summed E-state index contributed by atoms with van der Waals surface area (Å²) < 4.78 is 8.36. The summed E-state index contributed by atoms with van der Waals surface area (Å²) in [4.78, 5) is 25.1. The molecule has 0 aliphatic heterocycles. The van der Waals surface area contributed by atoms with Crippen molar-refractivity contribution in [2.45, 2.75) is 72.7 Å². The van der Waals surface area contributed by atoms with E-state index < -0.39 is 25.4 Å². The van der Waals surface area contributed by atoms with Gasteiger partial charge in [0.2, 0.25) is 0 Å². The summed E-state index contributed by atoms with van der Waals surface area (Å²) in [6, 6.07) is 9.39. The van der Waals surface area contributed by atoms with Gasteiger partial charge in [-0.2, -0.15) is 5.10 Å². The van der Waals surface area contributed by atoms with E-state index in [2.05, 4.69) is 37.6 Å². The van der Waals surface area contributed by atoms with Crippen LogP contribution < -0.4 is 9.92 Å². The lowest BCUT2D eigenvalue weighted by atomic mass is 9.70. The van der Waals surface area contributed by atoms with Crippen molar-refractivity contribution in [1.29, 1.82) is 0 Å². The summed E-state index contributed by atoms with van der Waals surface area (Å²) in [7, 11) is -2.15. The predicted octanol–water partition coefficient (Wildman–Crippen LogP) is 5.89. The third kappa shape index (κ3) is 5.32. The zero-order valence-electron chi connectivity index (χ0n) is 25.5. The standard InChI is InChI=1S/C34H38N2O5Si/c1-10-25-11-13-29(34(33(39)40)16-15-20(2)27(18-34)32(37)38)28(31(25)42(7,8)9)19-41-30-14-12-26(17-21(30)3)36-24(6)22(4)23(5)35-36/h1,11-17H,18-19H2,2-9H3,(H,37,38)(H,39,40). The molecule has 218 valence electrons. The zero-order valence-corrected chi connectivity index (χ0v) is 26.5. The van der Waals surface area contributed by atoms with Gasteiger partial charge in [0.05, 0.1) is 19.5 Å². The number of carboxylic acids is 2. The van der Waals surface area contributed by atoms with Gasteiger partial charge in [0.25, 0.3) is 0 Å². The highest BCUT2D eigenvalue weighted by Crippen LogP contribution is 2.41. The SMILES string of the molecule is C#Cc1ccc(C2(C(=O)O)C=CC(C)=C(C(=O)O)C2)c(COc2ccc(-n3nc(C)c(C)c3C)cc2C)c1[Si](C)(C)C. The monoisotopic (exact) mass is 582 g/mol. The molecular formula is C34H38N2O5Si. The molecule has 0 amide bonds. The zero-order chi connectivity index (χ0) is 31.1. The number of benzene rings is 2. The molecule has 42 heavy (non-hydrogen) atoms. The second-order valence-corrected chi connectivity index (χ2v) is 17.1. The summed E-state index contributed by atoms with van der Waals surface area (Å²) in [6.45, 7) is 16.3. The summed E-state index contributed by atoms with van der Waals surface area (Å²) in [6.07, 6.45) is 8.98. The second-order valence-electron chi connectivity index (χ2n) is 12.1. The number of aryl methyl sites for hydroxylation is 2. The van der Waals surface area contributed by atoms with E-state index in [0.29, 0.717) is 28.0 Å². The highest BCUT2D eigenvalue weighted by Gasteiger charge is 2.45. The molecule has 1 aromatic heterocycles. The van der Waals surface area contributed by atoms with Crippen LogP contribution in [0.25, 0.3) is 5.69 Å². The number of ether oxygens (including phenoxy) is 1. The van der Waals surface area contributed by atoms with Crippen molar-refractivity contribution >= 4 is 25.2 Å². The molecule has 1 aliphatic rings. The third-order valence-corrected chi connectivity index (χ3v) is 10.4. The quantitative estimate of drug-likeness (QED) is 0.254. The number of nitrogens with zero attached hydrogens (tertiary/aromatic N) is 2. The van der Waals surface area contributed by atoms with Crippen molar-refractivity contribution in [3.63, 3.8) is 0 Å². The number of aromatic nitrogens is 2. The van der Waals surface area contributed by atoms with Gasteiger partial charge in [-0.1, -0.05) is 43.8 Å². The third-order valence-electron chi connectivity index (χ3n) is 8.32. The minimum absolute atomic E-state index is 0.0770. The van der Waals surface area contributed by atoms with Crippen LogP contribution in [0, 0.1) is 40.0 Å². The van der Waals surface area contributed by atoms with Crippen molar-refractivity contribution in [2.75, 3.05) is 0 Å². The molecule has 0 spiro atoms. The van der Waals surface area contributed by atoms with E-state index >= 15 is 0 Å². The summed E-state index contributed by atoms with van der Waals surface area (Å²) in [5.74, 6) is 1.20. The van der Waals surface area contributed by atoms with Crippen LogP contribution in [0.2, 0.25) is 19.6 Å². The van der Waals surface area contributed by atoms with Gasteiger partial charge in [-0.05, 0) is 91.9 Å². The van der Waals surface area contributed by atoms with E-state index in [9.17, 15) is 19.8 Å². The summed E-state index contributed by atoms with van der Waals surface area (Å²) in [5.41, 5.74) is 5.96. The molecule has 4 rings (SSSR count). The lowest BCUT2D eigenvalue weighted by Gasteiger charge is -2.35. The highest BCUT2D eigenvalue weighted by atomic mass is 28.3. The number of aliphatic carboxylic acids is 2. The van der Waals surface area contributed by atoms with E-state index in [1.165, 1.54) is 0 Å². The lowest BCUT2D eigenvalue weighted by Crippen LogP contribution is -2.46. The van der Waals surface area contributed by atoms with Crippen molar-refractivity contribution in [3.05, 3.63) is 92.8 Å². The fourth-order valence-corrected chi connectivity index (χ4v) is 7.85. The maximum absolute atomic E-state index is 13.0. The van der Waals surface area contributed by atoms with Gasteiger partial charge in [0.15, 0.2) is 0 Å². The number of rotatable bonds is 8. The van der Waals surface area contributed by atoms with Crippen LogP contribution in [0.4, 0.5) is 0 Å². The Morgan fingerprint density at radius 2 is 1.79 bits per heavy atom. The van der Waals surface area contributed by atoms with Gasteiger partial charge in [0, 0.05) is 23.3 Å². The van der Waals surface area contributed by atoms with Crippen molar-refractivity contribution in [1.82, 2.24) is 9.78 Å². The molecule has 0 saturated carbocycles. The normalized spacial score (nSPS) is 16.8. The van der Waals surface area contributed by atoms with E-state index in [-0.39, 0.29) is 18.6 Å². The molecule has 2 aromatic carbocycles. The Labute approximate surface area is 248 Å². The highest BCUT2D eigenvalue weighted by molar-refractivity contribution is 6.89. The number of carboxylic acid groups (broad SMARTS) is 2. The molecule has 2 N–H and O–H groups in total. The van der Waals surface area contributed by atoms with Crippen LogP contribution >= 0.6 is 0 Å². The molecule has 7 nitrogen and oxygen atoms in total. The molecule has 1 heterocycles. The predicted molar refractivity (Wildman–Crippen MR) is 168 cm³/mol. The molecule has 0 radical (unpaired) electrons. The van der Waals surface area contributed by atoms with Crippen LogP contribution in [0.1, 0.15) is 52.5 Å². The number of carbonyl (C=O) groups is 2. The van der Waals surface area contributed by atoms with E-state index in [1.807, 2.05) is 43.7 Å². The first-order chi connectivity index (χ1) is 19.6. The van der Waals surface area contributed by atoms with Crippen LogP contribution in [-0.2, 0) is 21.6 Å². The van der Waals surface area contributed by atoms with Crippen molar-refractivity contribution in [2.24, 2.45) is 0 Å². The Morgan fingerprint density at radius 1 is 1.10 bits per heavy atom. The fourth-order valence-electron chi connectivity index (χ4n) is 5.78. The fraction of sp³-hybridized carbons (Fsp3) is 0.324. The van der Waals surface area contributed by atoms with Gasteiger partial charge in [-0.15, -0.1) is 6.42 Å². The topological polar surface area (TPSA) is 102 Å². The average molecular weight is 583 g/mol. The Kier molecular flexibility index (Phi) is 8.12. The van der Waals surface area contributed by atoms with Gasteiger partial charge in [-0.25, -0.2) is 9.48 Å². The maximum Gasteiger partial charge on any atom is 0.331 e. The number of allylic oxidation sites excluding steroid dienone is 2. The van der Waals surface area contributed by atoms with Crippen molar-refractivity contribution in [3.8, 4) is 23.8 Å². The minimum atomic E-state index is -2.15. The molecular weight excluding hydrogens is 544 g/mol. The molecule has 0 bridgehead atoms. The molecule has 1 aliphatic carbocycles. The number of hydrogen-bond donors (Lipinski definition) is 2. The first kappa shape index (κ1) is 30.6. The maximum atomic E-state index is 13.0. The summed E-state index contributed by atoms with van der Waals surface area (Å²) in [5, 5.41) is 26.1. The molecule has 8 heteroatoms. The van der Waals surface area contributed by atoms with Gasteiger partial charge in [0.1, 0.15) is 17.8 Å². The van der Waals surface area contributed by atoms with Crippen LogP contribution in [-0.4, -0.2) is 40.0 Å². The van der Waals surface area contributed by atoms with Crippen LogP contribution in [0.5, 0.6) is 5.75 Å². The van der Waals surface area contributed by atoms with Crippen LogP contribution in [0.3, 0.4) is 0 Å². The largest absolute Gasteiger partial charge is 0.489 e. The smallest absolute Gasteiger partial charge is 0.331 e. The Bertz CT molecular complexity index is 1710. The van der Waals surface area contributed by atoms with Gasteiger partial charge < -0.3 is 14.9 Å². The second kappa shape index (κ2) is 11.1. The van der Waals surface area contributed by atoms with Gasteiger partial charge in [-0.3, -0.25) is 4.79 Å². The Morgan fingerprint density at radius 3 is 2.31 bits per heavy atom. The van der Waals surface area contributed by atoms with E-state index in [1.54, 1.807) is 31.2 Å². The lowest BCUT2D eigenvalue weighted by molar-refractivity contribution is -0.142. The van der Waals surface area contributed by atoms with Gasteiger partial charge >= 0.3 is 11.9 Å². The first-order valence-corrected chi connectivity index (χ1v) is 17.4. The summed E-state index contributed by atoms with van der Waals surface area (Å²) >= 11 is 0. The number of terminal acetylenes is 1. The molecule has 1 unspecified atom stereocenters. The Hall–Kier alpha value is -4.35. The Balaban J connectivity index is 1.84. The minimum Gasteiger partial charge on any atom is -0.489 e. The van der Waals surface area contributed by atoms with Crippen molar-refractivity contribution < 1.29 is 24.5 Å². The first-order valence-electron chi connectivity index (χ1n) is 13.9. The molecule has 0 fully saturated rings. The van der Waals surface area contributed by atoms with E-state index in [4.69, 9.17) is 11.2 Å². The van der Waals surface area contributed by atoms with Crippen LogP contribution in [0.15, 0.2) is 53.6 Å². The molecule has 3 aromatic rings. The number of hydrogen-bond acceptors (Lipinski definition) is 4.